The number of nitrogens with one attached hydrogen (secondary N) is 1. The Morgan fingerprint density at radius 3 is 2.47 bits per heavy atom. The number of anilines is 1. The van der Waals surface area contributed by atoms with Crippen LogP contribution in [-0.4, -0.2) is 34.1 Å². The van der Waals surface area contributed by atoms with Crippen molar-refractivity contribution in [2.24, 2.45) is 0 Å². The number of hydrogen-bond donors (Lipinski definition) is 1. The highest BCUT2D eigenvalue weighted by Crippen LogP contribution is 2.27. The fourth-order valence-corrected chi connectivity index (χ4v) is 3.79. The Balaban J connectivity index is 1.58. The van der Waals surface area contributed by atoms with Crippen LogP contribution in [0.2, 0.25) is 0 Å². The van der Waals surface area contributed by atoms with E-state index in [0.717, 1.165) is 17.1 Å². The molecular formula is C21H18N4O4S. The molecule has 0 atom stereocenters. The highest BCUT2D eigenvalue weighted by atomic mass is 32.1. The van der Waals surface area contributed by atoms with E-state index < -0.39 is 0 Å². The summed E-state index contributed by atoms with van der Waals surface area (Å²) in [4.78, 5) is 29.7. The molecule has 0 aliphatic heterocycles. The van der Waals surface area contributed by atoms with Gasteiger partial charge in [-0.05, 0) is 11.5 Å². The molecule has 0 bridgehead atoms. The molecule has 1 amide bonds. The molecule has 0 aliphatic carbocycles. The molecule has 2 aromatic heterocycles. The van der Waals surface area contributed by atoms with Crippen molar-refractivity contribution < 1.29 is 14.3 Å². The van der Waals surface area contributed by atoms with Gasteiger partial charge < -0.3 is 14.8 Å². The normalized spacial score (nSPS) is 10.7. The first-order chi connectivity index (χ1) is 14.6. The summed E-state index contributed by atoms with van der Waals surface area (Å²) in [5.74, 6) is 0.715. The quantitative estimate of drug-likeness (QED) is 0.513. The monoisotopic (exact) mass is 422 g/mol. The molecule has 0 fully saturated rings. The van der Waals surface area contributed by atoms with Crippen LogP contribution < -0.4 is 20.3 Å². The van der Waals surface area contributed by atoms with Gasteiger partial charge in [-0.1, -0.05) is 30.3 Å². The number of hydrogen-bond acceptors (Lipinski definition) is 7. The van der Waals surface area contributed by atoms with Crippen LogP contribution in [0, 0.1) is 0 Å². The summed E-state index contributed by atoms with van der Waals surface area (Å²) in [6, 6.07) is 14.6. The highest BCUT2D eigenvalue weighted by Gasteiger charge is 2.15. The summed E-state index contributed by atoms with van der Waals surface area (Å²) in [7, 11) is 3.05. The van der Waals surface area contributed by atoms with Crippen LogP contribution in [0.15, 0.2) is 59.7 Å². The lowest BCUT2D eigenvalue weighted by Crippen LogP contribution is -2.27. The number of fused-ring (bicyclic) bond motifs is 1. The van der Waals surface area contributed by atoms with Crippen molar-refractivity contribution in [2.45, 2.75) is 6.54 Å². The van der Waals surface area contributed by atoms with Gasteiger partial charge in [-0.2, -0.15) is 4.37 Å². The molecule has 4 aromatic rings. The molecular weight excluding hydrogens is 404 g/mol. The van der Waals surface area contributed by atoms with Crippen molar-refractivity contribution in [3.8, 4) is 22.8 Å². The Bertz CT molecular complexity index is 1240. The second-order valence-corrected chi connectivity index (χ2v) is 7.18. The molecule has 0 spiro atoms. The topological polar surface area (TPSA) is 95.3 Å². The van der Waals surface area contributed by atoms with Crippen molar-refractivity contribution in [3.05, 3.63) is 65.2 Å². The van der Waals surface area contributed by atoms with Gasteiger partial charge in [0.15, 0.2) is 0 Å². The number of methoxy groups -OCH3 is 2. The molecule has 0 radical (unpaired) electrons. The first-order valence-electron chi connectivity index (χ1n) is 9.02. The number of amides is 1. The van der Waals surface area contributed by atoms with E-state index in [2.05, 4.69) is 14.7 Å². The summed E-state index contributed by atoms with van der Waals surface area (Å²) in [6.45, 7) is -0.181. The first kappa shape index (κ1) is 19.6. The molecule has 4 rings (SSSR count). The smallest absolute Gasteiger partial charge is 0.273 e. The van der Waals surface area contributed by atoms with Gasteiger partial charge in [-0.15, -0.1) is 0 Å². The van der Waals surface area contributed by atoms with Gasteiger partial charge in [0, 0.05) is 29.4 Å². The summed E-state index contributed by atoms with van der Waals surface area (Å²) < 4.78 is 16.5. The van der Waals surface area contributed by atoms with E-state index in [9.17, 15) is 9.59 Å². The number of aromatic nitrogens is 3. The summed E-state index contributed by atoms with van der Waals surface area (Å²) >= 11 is 1.08. The van der Waals surface area contributed by atoms with Crippen molar-refractivity contribution in [3.63, 3.8) is 0 Å². The lowest BCUT2D eigenvalue weighted by Gasteiger charge is -2.10. The SMILES string of the molecule is COc1cc(NC(=O)Cn2cnc3c(-c4ccccc4)nsc3c2=O)cc(OC)c1. The minimum Gasteiger partial charge on any atom is -0.497 e. The Hall–Kier alpha value is -3.72. The third kappa shape index (κ3) is 3.87. The minimum absolute atomic E-state index is 0.181. The summed E-state index contributed by atoms with van der Waals surface area (Å²) in [6.07, 6.45) is 1.37. The zero-order valence-electron chi connectivity index (χ0n) is 16.3. The molecule has 0 aliphatic rings. The van der Waals surface area contributed by atoms with Crippen LogP contribution in [0.25, 0.3) is 21.5 Å². The number of nitrogens with zero attached hydrogens (tertiary/aromatic N) is 3. The molecule has 152 valence electrons. The van der Waals surface area contributed by atoms with Crippen LogP contribution in [0.4, 0.5) is 5.69 Å². The molecule has 0 saturated heterocycles. The molecule has 1 N–H and O–H groups in total. The average molecular weight is 422 g/mol. The average Bonchev–Trinajstić information content (AvgIpc) is 3.21. The van der Waals surface area contributed by atoms with E-state index in [1.807, 2.05) is 30.3 Å². The van der Waals surface area contributed by atoms with Crippen molar-refractivity contribution in [1.29, 1.82) is 0 Å². The maximum absolute atomic E-state index is 12.8. The van der Waals surface area contributed by atoms with Gasteiger partial charge in [0.05, 0.1) is 20.5 Å². The van der Waals surface area contributed by atoms with E-state index in [1.165, 1.54) is 25.1 Å². The van der Waals surface area contributed by atoms with Crippen LogP contribution in [-0.2, 0) is 11.3 Å². The second-order valence-electron chi connectivity index (χ2n) is 6.40. The zero-order valence-corrected chi connectivity index (χ0v) is 17.1. The Morgan fingerprint density at radius 1 is 1.10 bits per heavy atom. The fraction of sp³-hybridized carbons (Fsp3) is 0.143. The van der Waals surface area contributed by atoms with Gasteiger partial charge >= 0.3 is 0 Å². The van der Waals surface area contributed by atoms with Gasteiger partial charge in [0.25, 0.3) is 5.56 Å². The third-order valence-electron chi connectivity index (χ3n) is 4.45. The fourth-order valence-electron chi connectivity index (χ4n) is 2.99. The van der Waals surface area contributed by atoms with E-state index in [-0.39, 0.29) is 18.0 Å². The largest absolute Gasteiger partial charge is 0.497 e. The molecule has 9 heteroatoms. The maximum Gasteiger partial charge on any atom is 0.273 e. The predicted molar refractivity (Wildman–Crippen MR) is 115 cm³/mol. The number of carbonyl (C=O) groups excluding carboxylic acids is 1. The lowest BCUT2D eigenvalue weighted by atomic mass is 10.1. The zero-order chi connectivity index (χ0) is 21.1. The Labute approximate surface area is 175 Å². The maximum atomic E-state index is 12.8. The van der Waals surface area contributed by atoms with Gasteiger partial charge in [-0.3, -0.25) is 14.2 Å². The number of ether oxygens (including phenoxy) is 2. The van der Waals surface area contributed by atoms with E-state index in [1.54, 1.807) is 18.2 Å². The van der Waals surface area contributed by atoms with Gasteiger partial charge in [0.2, 0.25) is 5.91 Å². The van der Waals surface area contributed by atoms with Crippen LogP contribution in [0.5, 0.6) is 11.5 Å². The molecule has 2 aromatic carbocycles. The minimum atomic E-state index is -0.374. The van der Waals surface area contributed by atoms with E-state index in [4.69, 9.17) is 9.47 Å². The van der Waals surface area contributed by atoms with E-state index in [0.29, 0.717) is 33.1 Å². The highest BCUT2D eigenvalue weighted by molar-refractivity contribution is 7.13. The van der Waals surface area contributed by atoms with Crippen LogP contribution in [0.3, 0.4) is 0 Å². The van der Waals surface area contributed by atoms with Crippen molar-refractivity contribution in [1.82, 2.24) is 13.9 Å². The third-order valence-corrected chi connectivity index (χ3v) is 5.27. The second kappa shape index (κ2) is 8.34. The number of carbonyl (C=O) groups is 1. The summed E-state index contributed by atoms with van der Waals surface area (Å²) in [5.41, 5.74) is 2.27. The number of benzene rings is 2. The molecule has 2 heterocycles. The van der Waals surface area contributed by atoms with Crippen molar-refractivity contribution >= 4 is 33.3 Å². The van der Waals surface area contributed by atoms with Crippen molar-refractivity contribution in [2.75, 3.05) is 19.5 Å². The number of rotatable bonds is 6. The van der Waals surface area contributed by atoms with Gasteiger partial charge in [-0.25, -0.2) is 4.98 Å². The molecule has 30 heavy (non-hydrogen) atoms. The predicted octanol–water partition coefficient (Wildman–Crippen LogP) is 3.18. The Kier molecular flexibility index (Phi) is 5.44. The lowest BCUT2D eigenvalue weighted by molar-refractivity contribution is -0.116. The Morgan fingerprint density at radius 2 is 1.80 bits per heavy atom. The first-order valence-corrected chi connectivity index (χ1v) is 9.79. The van der Waals surface area contributed by atoms with E-state index >= 15 is 0 Å². The molecule has 0 saturated carbocycles. The van der Waals surface area contributed by atoms with Crippen LogP contribution in [0.1, 0.15) is 0 Å². The van der Waals surface area contributed by atoms with Gasteiger partial charge in [0.1, 0.15) is 34.0 Å². The standard InChI is InChI=1S/C21H18N4O4S/c1-28-15-8-14(9-16(10-15)29-2)23-17(26)11-25-12-22-19-18(13-6-4-3-5-7-13)24-30-20(19)21(25)27/h3-10,12H,11H2,1-2H3,(H,23,26). The molecule has 8 nitrogen and oxygen atoms in total. The van der Waals surface area contributed by atoms with Crippen LogP contribution >= 0.6 is 11.5 Å². The molecule has 0 unspecified atom stereocenters. The summed E-state index contributed by atoms with van der Waals surface area (Å²) in [5, 5.41) is 2.75.